The van der Waals surface area contributed by atoms with Gasteiger partial charge < -0.3 is 4.98 Å². The molecule has 0 saturated heterocycles. The minimum absolute atomic E-state index is 0.0448. The van der Waals surface area contributed by atoms with Gasteiger partial charge in [-0.05, 0) is 37.1 Å². The van der Waals surface area contributed by atoms with Crippen molar-refractivity contribution in [3.8, 4) is 0 Å². The summed E-state index contributed by atoms with van der Waals surface area (Å²) in [4.78, 5) is 21.8. The summed E-state index contributed by atoms with van der Waals surface area (Å²) in [5.41, 5.74) is 2.90. The molecule has 0 amide bonds. The highest BCUT2D eigenvalue weighted by Gasteiger charge is 2.09. The second-order valence-electron chi connectivity index (χ2n) is 5.11. The Labute approximate surface area is 133 Å². The third-order valence-electron chi connectivity index (χ3n) is 3.61. The van der Waals surface area contributed by atoms with Crippen molar-refractivity contribution in [1.29, 1.82) is 0 Å². The summed E-state index contributed by atoms with van der Waals surface area (Å²) < 4.78 is 0. The normalized spacial score (nSPS) is 11.0. The Morgan fingerprint density at radius 2 is 1.86 bits per heavy atom. The molecular weight excluding hydrogens is 292 g/mol. The molecule has 112 valence electrons. The number of pyridine rings is 2. The topological polar surface area (TPSA) is 45.8 Å². The molecular formula is C18H18N2OS. The summed E-state index contributed by atoms with van der Waals surface area (Å²) in [5.74, 6) is 0. The van der Waals surface area contributed by atoms with Gasteiger partial charge in [0.25, 0.3) is 5.56 Å². The van der Waals surface area contributed by atoms with Crippen LogP contribution in [0.15, 0.2) is 57.1 Å². The molecule has 22 heavy (non-hydrogen) atoms. The second-order valence-corrected chi connectivity index (χ2v) is 6.22. The van der Waals surface area contributed by atoms with E-state index in [-0.39, 0.29) is 5.56 Å². The van der Waals surface area contributed by atoms with Crippen LogP contribution in [0.3, 0.4) is 0 Å². The minimum atomic E-state index is -0.0448. The minimum Gasteiger partial charge on any atom is -0.321 e. The van der Waals surface area contributed by atoms with Crippen LogP contribution in [0.5, 0.6) is 0 Å². The first kappa shape index (κ1) is 14.9. The van der Waals surface area contributed by atoms with Crippen molar-refractivity contribution in [3.63, 3.8) is 0 Å². The highest BCUT2D eigenvalue weighted by Crippen LogP contribution is 2.27. The number of aromatic nitrogens is 2. The Morgan fingerprint density at radius 3 is 2.55 bits per heavy atom. The van der Waals surface area contributed by atoms with Crippen molar-refractivity contribution in [2.45, 2.75) is 36.5 Å². The molecule has 1 aromatic carbocycles. The number of rotatable bonds is 4. The van der Waals surface area contributed by atoms with Crippen LogP contribution < -0.4 is 5.56 Å². The number of aryl methyl sites for hydroxylation is 2. The summed E-state index contributed by atoms with van der Waals surface area (Å²) in [6.45, 7) is 4.17. The zero-order valence-electron chi connectivity index (χ0n) is 12.7. The molecule has 0 aliphatic heterocycles. The molecule has 0 saturated carbocycles. The van der Waals surface area contributed by atoms with Crippen LogP contribution in [0.4, 0.5) is 0 Å². The molecule has 0 atom stereocenters. The highest BCUT2D eigenvalue weighted by molar-refractivity contribution is 7.99. The van der Waals surface area contributed by atoms with E-state index < -0.39 is 0 Å². The van der Waals surface area contributed by atoms with E-state index in [1.807, 2.05) is 42.5 Å². The average Bonchev–Trinajstić information content (AvgIpc) is 2.55. The zero-order valence-corrected chi connectivity index (χ0v) is 13.5. The van der Waals surface area contributed by atoms with Crippen molar-refractivity contribution in [2.75, 3.05) is 0 Å². The Morgan fingerprint density at radius 1 is 1.09 bits per heavy atom. The standard InChI is InChI=1S/C18H18N2OS/c1-3-12-10-16-14(15(4-2)19-12)11-17(18(21)20-16)22-13-8-6-5-7-9-13/h5-11H,3-4H2,1-2H3,(H,20,21). The third kappa shape index (κ3) is 2.92. The van der Waals surface area contributed by atoms with Crippen molar-refractivity contribution in [2.24, 2.45) is 0 Å². The van der Waals surface area contributed by atoms with Gasteiger partial charge in [0.2, 0.25) is 0 Å². The lowest BCUT2D eigenvalue weighted by molar-refractivity contribution is 0.965. The van der Waals surface area contributed by atoms with E-state index in [4.69, 9.17) is 0 Å². The fourth-order valence-electron chi connectivity index (χ4n) is 2.45. The molecule has 3 rings (SSSR count). The number of aromatic amines is 1. The maximum Gasteiger partial charge on any atom is 0.262 e. The van der Waals surface area contributed by atoms with Crippen LogP contribution in [0.2, 0.25) is 0 Å². The molecule has 2 aromatic heterocycles. The van der Waals surface area contributed by atoms with Crippen LogP contribution >= 0.6 is 11.8 Å². The van der Waals surface area contributed by atoms with E-state index in [2.05, 4.69) is 23.8 Å². The Kier molecular flexibility index (Phi) is 4.29. The van der Waals surface area contributed by atoms with Crippen molar-refractivity contribution in [1.82, 2.24) is 9.97 Å². The molecule has 0 fully saturated rings. The molecule has 3 nitrogen and oxygen atoms in total. The largest absolute Gasteiger partial charge is 0.321 e. The summed E-state index contributed by atoms with van der Waals surface area (Å²) in [7, 11) is 0. The van der Waals surface area contributed by atoms with Gasteiger partial charge in [-0.15, -0.1) is 0 Å². The lowest BCUT2D eigenvalue weighted by Gasteiger charge is -2.09. The molecule has 2 heterocycles. The molecule has 0 unspecified atom stereocenters. The van der Waals surface area contributed by atoms with Gasteiger partial charge >= 0.3 is 0 Å². The first-order valence-electron chi connectivity index (χ1n) is 7.50. The second kappa shape index (κ2) is 6.36. The number of fused-ring (bicyclic) bond motifs is 1. The molecule has 0 aliphatic rings. The van der Waals surface area contributed by atoms with E-state index in [1.165, 1.54) is 11.8 Å². The third-order valence-corrected chi connectivity index (χ3v) is 4.64. The Balaban J connectivity index is 2.13. The molecule has 0 aliphatic carbocycles. The quantitative estimate of drug-likeness (QED) is 0.785. The predicted octanol–water partition coefficient (Wildman–Crippen LogP) is 4.20. The maximum atomic E-state index is 12.3. The van der Waals surface area contributed by atoms with Crippen LogP contribution in [0, 0.1) is 0 Å². The average molecular weight is 310 g/mol. The van der Waals surface area contributed by atoms with Gasteiger partial charge in [0.15, 0.2) is 0 Å². The smallest absolute Gasteiger partial charge is 0.262 e. The number of nitrogens with zero attached hydrogens (tertiary/aromatic N) is 1. The summed E-state index contributed by atoms with van der Waals surface area (Å²) in [6.07, 6.45) is 1.72. The lowest BCUT2D eigenvalue weighted by Crippen LogP contribution is -2.09. The van der Waals surface area contributed by atoms with E-state index in [0.29, 0.717) is 4.90 Å². The molecule has 4 heteroatoms. The van der Waals surface area contributed by atoms with Gasteiger partial charge in [0.05, 0.1) is 10.4 Å². The van der Waals surface area contributed by atoms with Crippen LogP contribution in [-0.2, 0) is 12.8 Å². The first-order valence-corrected chi connectivity index (χ1v) is 8.31. The molecule has 0 spiro atoms. The van der Waals surface area contributed by atoms with Crippen molar-refractivity contribution < 1.29 is 0 Å². The highest BCUT2D eigenvalue weighted by atomic mass is 32.2. The van der Waals surface area contributed by atoms with E-state index in [1.54, 1.807) is 0 Å². The molecule has 3 aromatic rings. The van der Waals surface area contributed by atoms with Gasteiger partial charge in [0, 0.05) is 21.7 Å². The van der Waals surface area contributed by atoms with Crippen molar-refractivity contribution in [3.05, 3.63) is 64.2 Å². The fraction of sp³-hybridized carbons (Fsp3) is 0.222. The van der Waals surface area contributed by atoms with Crippen molar-refractivity contribution >= 4 is 22.7 Å². The van der Waals surface area contributed by atoms with Gasteiger partial charge in [-0.2, -0.15) is 0 Å². The van der Waals surface area contributed by atoms with E-state index in [0.717, 1.165) is 40.0 Å². The number of benzene rings is 1. The van der Waals surface area contributed by atoms with Gasteiger partial charge in [-0.25, -0.2) is 0 Å². The fourth-order valence-corrected chi connectivity index (χ4v) is 3.32. The number of nitrogens with one attached hydrogen (secondary N) is 1. The first-order chi connectivity index (χ1) is 10.7. The molecule has 0 bridgehead atoms. The summed E-state index contributed by atoms with van der Waals surface area (Å²) >= 11 is 1.49. The number of hydrogen-bond donors (Lipinski definition) is 1. The van der Waals surface area contributed by atoms with Gasteiger partial charge in [-0.3, -0.25) is 9.78 Å². The van der Waals surface area contributed by atoms with Gasteiger partial charge in [0.1, 0.15) is 0 Å². The summed E-state index contributed by atoms with van der Waals surface area (Å²) in [5, 5.41) is 1.04. The monoisotopic (exact) mass is 310 g/mol. The predicted molar refractivity (Wildman–Crippen MR) is 91.7 cm³/mol. The van der Waals surface area contributed by atoms with Gasteiger partial charge in [-0.1, -0.05) is 43.8 Å². The Bertz CT molecular complexity index is 856. The maximum absolute atomic E-state index is 12.3. The zero-order chi connectivity index (χ0) is 15.5. The van der Waals surface area contributed by atoms with Crippen LogP contribution in [0.1, 0.15) is 25.2 Å². The van der Waals surface area contributed by atoms with E-state index >= 15 is 0 Å². The number of H-pyrrole nitrogens is 1. The molecule has 0 radical (unpaired) electrons. The SMILES string of the molecule is CCc1cc2[nH]c(=O)c(Sc3ccccc3)cc2c(CC)n1. The summed E-state index contributed by atoms with van der Waals surface area (Å²) in [6, 6.07) is 13.9. The Hall–Kier alpha value is -2.07. The molecule has 1 N–H and O–H groups in total. The lowest BCUT2D eigenvalue weighted by atomic mass is 10.1. The van der Waals surface area contributed by atoms with Crippen LogP contribution in [-0.4, -0.2) is 9.97 Å². The van der Waals surface area contributed by atoms with Crippen LogP contribution in [0.25, 0.3) is 10.9 Å². The van der Waals surface area contributed by atoms with E-state index in [9.17, 15) is 4.79 Å². The number of hydrogen-bond acceptors (Lipinski definition) is 3.